The smallest absolute Gasteiger partial charge is 0.284 e. The van der Waals surface area contributed by atoms with Crippen LogP contribution in [0.25, 0.3) is 0 Å². The number of aryl methyl sites for hydroxylation is 1. The molecule has 0 aliphatic carbocycles. The van der Waals surface area contributed by atoms with Gasteiger partial charge in [-0.15, -0.1) is 0 Å². The lowest BCUT2D eigenvalue weighted by molar-refractivity contribution is 0.507. The molecular formula is C15H23Cl2OP. The zero-order valence-corrected chi connectivity index (χ0v) is 15.2. The average Bonchev–Trinajstić information content (AvgIpc) is 2.16. The Morgan fingerprint density at radius 2 is 1.26 bits per heavy atom. The van der Waals surface area contributed by atoms with E-state index in [9.17, 15) is 0 Å². The molecule has 0 aliphatic heterocycles. The van der Waals surface area contributed by atoms with Crippen LogP contribution in [0.1, 0.15) is 58.2 Å². The molecule has 108 valence electrons. The van der Waals surface area contributed by atoms with Crippen molar-refractivity contribution in [1.29, 1.82) is 0 Å². The van der Waals surface area contributed by atoms with E-state index < -0.39 is 6.85 Å². The van der Waals surface area contributed by atoms with E-state index in [1.165, 1.54) is 5.56 Å². The Morgan fingerprint density at radius 1 is 0.895 bits per heavy atom. The fourth-order valence-electron chi connectivity index (χ4n) is 2.05. The van der Waals surface area contributed by atoms with Crippen LogP contribution in [0.2, 0.25) is 0 Å². The van der Waals surface area contributed by atoms with Crippen LogP contribution in [0.3, 0.4) is 0 Å². The minimum absolute atomic E-state index is 0.0134. The molecule has 0 heterocycles. The van der Waals surface area contributed by atoms with Gasteiger partial charge in [0.2, 0.25) is 0 Å². The number of halogens is 2. The van der Waals surface area contributed by atoms with Crippen LogP contribution in [-0.2, 0) is 10.8 Å². The van der Waals surface area contributed by atoms with E-state index >= 15 is 0 Å². The van der Waals surface area contributed by atoms with E-state index in [-0.39, 0.29) is 10.8 Å². The Hall–Kier alpha value is 0.0300. The summed E-state index contributed by atoms with van der Waals surface area (Å²) in [5.74, 6) is 0.849. The van der Waals surface area contributed by atoms with E-state index in [1.807, 2.05) is 0 Å². The monoisotopic (exact) mass is 320 g/mol. The van der Waals surface area contributed by atoms with Crippen molar-refractivity contribution in [2.45, 2.75) is 59.3 Å². The standard InChI is InChI=1S/C15H23Cl2OP/c1-10-8-11(14(2,3)4)13(18-19(16)17)12(9-10)15(5,6)7/h8-9H,1-7H3. The third-order valence-corrected chi connectivity index (χ3v) is 3.74. The molecular weight excluding hydrogens is 298 g/mol. The second kappa shape index (κ2) is 5.80. The van der Waals surface area contributed by atoms with E-state index in [0.717, 1.165) is 16.9 Å². The second-order valence-corrected chi connectivity index (χ2v) is 9.93. The first kappa shape index (κ1) is 17.1. The van der Waals surface area contributed by atoms with E-state index in [0.29, 0.717) is 0 Å². The van der Waals surface area contributed by atoms with Crippen molar-refractivity contribution < 1.29 is 4.52 Å². The molecule has 1 aromatic carbocycles. The summed E-state index contributed by atoms with van der Waals surface area (Å²) in [5, 5.41) is 0. The highest BCUT2D eigenvalue weighted by Crippen LogP contribution is 2.52. The largest absolute Gasteiger partial charge is 0.444 e. The van der Waals surface area contributed by atoms with Gasteiger partial charge in [0.05, 0.1) is 0 Å². The first-order valence-corrected chi connectivity index (χ1v) is 9.45. The quantitative estimate of drug-likeness (QED) is 0.552. The van der Waals surface area contributed by atoms with Crippen LogP contribution in [0.5, 0.6) is 5.75 Å². The van der Waals surface area contributed by atoms with Gasteiger partial charge in [0, 0.05) is 11.1 Å². The van der Waals surface area contributed by atoms with Gasteiger partial charge < -0.3 is 4.52 Å². The van der Waals surface area contributed by atoms with Crippen LogP contribution >= 0.6 is 29.3 Å². The van der Waals surface area contributed by atoms with Crippen molar-refractivity contribution in [2.75, 3.05) is 0 Å². The van der Waals surface area contributed by atoms with Crippen molar-refractivity contribution in [2.24, 2.45) is 0 Å². The molecule has 4 heteroatoms. The molecule has 0 bridgehead atoms. The Labute approximate surface area is 128 Å². The second-order valence-electron chi connectivity index (χ2n) is 6.98. The maximum atomic E-state index is 5.90. The fourth-order valence-corrected chi connectivity index (χ4v) is 2.80. The van der Waals surface area contributed by atoms with E-state index in [2.05, 4.69) is 60.6 Å². The van der Waals surface area contributed by atoms with E-state index in [4.69, 9.17) is 27.0 Å². The van der Waals surface area contributed by atoms with Gasteiger partial charge in [-0.05, 0) is 40.2 Å². The maximum Gasteiger partial charge on any atom is 0.284 e. The minimum atomic E-state index is -1.47. The van der Waals surface area contributed by atoms with Gasteiger partial charge in [0.25, 0.3) is 6.85 Å². The predicted molar refractivity (Wildman–Crippen MR) is 87.8 cm³/mol. The number of hydrogen-bond acceptors (Lipinski definition) is 1. The van der Waals surface area contributed by atoms with Crippen LogP contribution in [0.4, 0.5) is 0 Å². The summed E-state index contributed by atoms with van der Waals surface area (Å²) in [5.41, 5.74) is 3.52. The minimum Gasteiger partial charge on any atom is -0.444 e. The summed E-state index contributed by atoms with van der Waals surface area (Å²) in [6.45, 7) is 13.7. The third-order valence-electron chi connectivity index (χ3n) is 3.01. The van der Waals surface area contributed by atoms with Gasteiger partial charge in [-0.1, -0.05) is 59.2 Å². The summed E-state index contributed by atoms with van der Waals surface area (Å²) in [7, 11) is 0. The molecule has 1 nitrogen and oxygen atoms in total. The summed E-state index contributed by atoms with van der Waals surface area (Å²) in [6, 6.07) is 4.33. The molecule has 0 radical (unpaired) electrons. The molecule has 19 heavy (non-hydrogen) atoms. The van der Waals surface area contributed by atoms with Gasteiger partial charge in [0.15, 0.2) is 0 Å². The highest BCUT2D eigenvalue weighted by atomic mass is 35.9. The topological polar surface area (TPSA) is 9.23 Å². The average molecular weight is 321 g/mol. The van der Waals surface area contributed by atoms with Crippen molar-refractivity contribution in [3.05, 3.63) is 28.8 Å². The zero-order chi connectivity index (χ0) is 15.0. The molecule has 0 atom stereocenters. The summed E-state index contributed by atoms with van der Waals surface area (Å²) < 4.78 is 5.78. The molecule has 1 aromatic rings. The van der Waals surface area contributed by atoms with Gasteiger partial charge in [-0.2, -0.15) is 0 Å². The third kappa shape index (κ3) is 4.52. The molecule has 0 amide bonds. The molecule has 0 aliphatic rings. The van der Waals surface area contributed by atoms with Crippen LogP contribution in [0.15, 0.2) is 12.1 Å². The normalized spacial score (nSPS) is 12.9. The lowest BCUT2D eigenvalue weighted by atomic mass is 9.78. The lowest BCUT2D eigenvalue weighted by Gasteiger charge is -2.30. The number of benzene rings is 1. The van der Waals surface area contributed by atoms with Gasteiger partial charge in [-0.3, -0.25) is 0 Å². The number of hydrogen-bond donors (Lipinski definition) is 0. The number of rotatable bonds is 2. The molecule has 0 aromatic heterocycles. The molecule has 0 saturated carbocycles. The molecule has 0 unspecified atom stereocenters. The summed E-state index contributed by atoms with van der Waals surface area (Å²) in [4.78, 5) is 0. The Balaban J connectivity index is 3.58. The zero-order valence-electron chi connectivity index (χ0n) is 12.8. The first-order chi connectivity index (χ1) is 8.43. The molecule has 0 N–H and O–H groups in total. The molecule has 0 saturated heterocycles. The van der Waals surface area contributed by atoms with Crippen molar-refractivity contribution in [3.8, 4) is 5.75 Å². The summed E-state index contributed by atoms with van der Waals surface area (Å²) >= 11 is 11.8. The molecule has 1 rings (SSSR count). The maximum absolute atomic E-state index is 5.90. The van der Waals surface area contributed by atoms with Gasteiger partial charge in [0.1, 0.15) is 5.75 Å². The molecule has 0 spiro atoms. The fraction of sp³-hybridized carbons (Fsp3) is 0.600. The van der Waals surface area contributed by atoms with Crippen molar-refractivity contribution >= 4 is 29.3 Å². The van der Waals surface area contributed by atoms with Gasteiger partial charge in [-0.25, -0.2) is 0 Å². The Bertz CT molecular complexity index is 421. The first-order valence-electron chi connectivity index (χ1n) is 6.38. The van der Waals surface area contributed by atoms with E-state index in [1.54, 1.807) is 0 Å². The SMILES string of the molecule is Cc1cc(C(C)(C)C)c(OP(Cl)Cl)c(C(C)(C)C)c1. The van der Waals surface area contributed by atoms with Crippen molar-refractivity contribution in [3.63, 3.8) is 0 Å². The highest BCUT2D eigenvalue weighted by Gasteiger charge is 2.28. The Morgan fingerprint density at radius 3 is 1.53 bits per heavy atom. The van der Waals surface area contributed by atoms with Crippen LogP contribution in [-0.4, -0.2) is 0 Å². The van der Waals surface area contributed by atoms with Crippen LogP contribution in [0, 0.1) is 6.92 Å². The van der Waals surface area contributed by atoms with Crippen LogP contribution < -0.4 is 4.52 Å². The summed E-state index contributed by atoms with van der Waals surface area (Å²) in [6.07, 6.45) is 0. The molecule has 0 fully saturated rings. The lowest BCUT2D eigenvalue weighted by Crippen LogP contribution is -2.19. The Kier molecular flexibility index (Phi) is 5.21. The highest BCUT2D eigenvalue weighted by molar-refractivity contribution is 8.00. The van der Waals surface area contributed by atoms with Crippen molar-refractivity contribution in [1.82, 2.24) is 0 Å². The van der Waals surface area contributed by atoms with Gasteiger partial charge >= 0.3 is 0 Å². The predicted octanol–water partition coefficient (Wildman–Crippen LogP) is 6.67.